The summed E-state index contributed by atoms with van der Waals surface area (Å²) in [7, 11) is 0. The van der Waals surface area contributed by atoms with Gasteiger partial charge in [0.2, 0.25) is 0 Å². The van der Waals surface area contributed by atoms with Gasteiger partial charge in [0.05, 0.1) is 13.2 Å². The van der Waals surface area contributed by atoms with Crippen molar-refractivity contribution in [3.8, 4) is 0 Å². The highest BCUT2D eigenvalue weighted by atomic mass is 16.5. The van der Waals surface area contributed by atoms with E-state index in [4.69, 9.17) is 10.5 Å². The first kappa shape index (κ1) is 9.44. The van der Waals surface area contributed by atoms with E-state index in [1.54, 1.807) is 0 Å². The quantitative estimate of drug-likeness (QED) is 0.689. The van der Waals surface area contributed by atoms with Gasteiger partial charge in [-0.25, -0.2) is 0 Å². The summed E-state index contributed by atoms with van der Waals surface area (Å²) < 4.78 is 5.36. The Morgan fingerprint density at radius 3 is 2.54 bits per heavy atom. The van der Waals surface area contributed by atoms with Crippen molar-refractivity contribution in [1.29, 1.82) is 0 Å². The molecule has 13 heavy (non-hydrogen) atoms. The Kier molecular flexibility index (Phi) is 3.19. The smallest absolute Gasteiger partial charge is 0.0594 e. The SMILES string of the molecule is NCCC(C1CC1)N1CCOCC1. The highest BCUT2D eigenvalue weighted by Crippen LogP contribution is 2.36. The minimum Gasteiger partial charge on any atom is -0.379 e. The number of morpholine rings is 1. The highest BCUT2D eigenvalue weighted by molar-refractivity contribution is 4.89. The minimum atomic E-state index is 0.758. The van der Waals surface area contributed by atoms with Crippen molar-refractivity contribution >= 4 is 0 Å². The molecule has 2 rings (SSSR count). The lowest BCUT2D eigenvalue weighted by Gasteiger charge is -2.34. The molecule has 0 radical (unpaired) electrons. The summed E-state index contributed by atoms with van der Waals surface area (Å²) in [5, 5.41) is 0. The third-order valence-electron chi connectivity index (χ3n) is 3.14. The van der Waals surface area contributed by atoms with E-state index in [2.05, 4.69) is 4.90 Å². The summed E-state index contributed by atoms with van der Waals surface area (Å²) in [4.78, 5) is 2.58. The van der Waals surface area contributed by atoms with E-state index in [0.717, 1.165) is 44.8 Å². The van der Waals surface area contributed by atoms with Crippen LogP contribution in [0.4, 0.5) is 0 Å². The molecule has 0 aromatic rings. The van der Waals surface area contributed by atoms with Gasteiger partial charge in [-0.3, -0.25) is 4.90 Å². The number of rotatable bonds is 4. The van der Waals surface area contributed by atoms with Gasteiger partial charge in [0.15, 0.2) is 0 Å². The van der Waals surface area contributed by atoms with Crippen molar-refractivity contribution in [2.24, 2.45) is 11.7 Å². The fourth-order valence-corrected chi connectivity index (χ4v) is 2.28. The van der Waals surface area contributed by atoms with Crippen LogP contribution in [0, 0.1) is 5.92 Å². The summed E-state index contributed by atoms with van der Waals surface area (Å²) in [6, 6.07) is 0.758. The molecular formula is C10H20N2O. The highest BCUT2D eigenvalue weighted by Gasteiger charge is 2.34. The first-order valence-electron chi connectivity index (χ1n) is 5.43. The standard InChI is InChI=1S/C10H20N2O/c11-4-3-10(9-1-2-9)12-5-7-13-8-6-12/h9-10H,1-8,11H2. The van der Waals surface area contributed by atoms with Crippen LogP contribution in [0.3, 0.4) is 0 Å². The van der Waals surface area contributed by atoms with Crippen LogP contribution in [0.2, 0.25) is 0 Å². The predicted octanol–water partition coefficient (Wildman–Crippen LogP) is 0.446. The van der Waals surface area contributed by atoms with Crippen molar-refractivity contribution < 1.29 is 4.74 Å². The molecular weight excluding hydrogens is 164 g/mol. The number of nitrogens with two attached hydrogens (primary N) is 1. The molecule has 1 atom stereocenters. The monoisotopic (exact) mass is 184 g/mol. The second kappa shape index (κ2) is 4.40. The summed E-state index contributed by atoms with van der Waals surface area (Å²) in [5.41, 5.74) is 5.64. The Hall–Kier alpha value is -0.120. The van der Waals surface area contributed by atoms with Crippen LogP contribution in [-0.2, 0) is 4.74 Å². The maximum Gasteiger partial charge on any atom is 0.0594 e. The van der Waals surface area contributed by atoms with Crippen molar-refractivity contribution in [3.63, 3.8) is 0 Å². The van der Waals surface area contributed by atoms with Gasteiger partial charge in [0.1, 0.15) is 0 Å². The Morgan fingerprint density at radius 1 is 1.31 bits per heavy atom. The maximum absolute atomic E-state index is 5.64. The van der Waals surface area contributed by atoms with E-state index in [-0.39, 0.29) is 0 Å². The van der Waals surface area contributed by atoms with Crippen LogP contribution >= 0.6 is 0 Å². The number of ether oxygens (including phenoxy) is 1. The van der Waals surface area contributed by atoms with Gasteiger partial charge in [-0.15, -0.1) is 0 Å². The van der Waals surface area contributed by atoms with Crippen molar-refractivity contribution in [2.75, 3.05) is 32.8 Å². The molecule has 2 aliphatic rings. The summed E-state index contributed by atoms with van der Waals surface area (Å²) >= 11 is 0. The fourth-order valence-electron chi connectivity index (χ4n) is 2.28. The normalized spacial score (nSPS) is 27.5. The Morgan fingerprint density at radius 2 is 2.00 bits per heavy atom. The van der Waals surface area contributed by atoms with Gasteiger partial charge in [-0.1, -0.05) is 0 Å². The van der Waals surface area contributed by atoms with Gasteiger partial charge in [-0.05, 0) is 31.7 Å². The second-order valence-electron chi connectivity index (χ2n) is 4.13. The molecule has 3 nitrogen and oxygen atoms in total. The molecule has 1 aliphatic carbocycles. The lowest BCUT2D eigenvalue weighted by molar-refractivity contribution is 0.0103. The Labute approximate surface area is 80.2 Å². The fraction of sp³-hybridized carbons (Fsp3) is 1.00. The average molecular weight is 184 g/mol. The summed E-state index contributed by atoms with van der Waals surface area (Å²) in [6.45, 7) is 4.88. The average Bonchev–Trinajstić information content (AvgIpc) is 2.99. The number of nitrogens with zero attached hydrogens (tertiary/aromatic N) is 1. The van der Waals surface area contributed by atoms with Crippen molar-refractivity contribution in [2.45, 2.75) is 25.3 Å². The number of hydrogen-bond acceptors (Lipinski definition) is 3. The van der Waals surface area contributed by atoms with Crippen LogP contribution in [0.5, 0.6) is 0 Å². The van der Waals surface area contributed by atoms with Crippen LogP contribution in [-0.4, -0.2) is 43.8 Å². The minimum absolute atomic E-state index is 0.758. The third kappa shape index (κ3) is 2.42. The van der Waals surface area contributed by atoms with Crippen molar-refractivity contribution in [1.82, 2.24) is 4.90 Å². The summed E-state index contributed by atoms with van der Waals surface area (Å²) in [6.07, 6.45) is 4.01. The molecule has 1 saturated heterocycles. The van der Waals surface area contributed by atoms with Gasteiger partial charge < -0.3 is 10.5 Å². The third-order valence-corrected chi connectivity index (χ3v) is 3.14. The molecule has 2 N–H and O–H groups in total. The maximum atomic E-state index is 5.64. The van der Waals surface area contributed by atoms with E-state index < -0.39 is 0 Å². The van der Waals surface area contributed by atoms with E-state index in [9.17, 15) is 0 Å². The Bertz CT molecular complexity index is 153. The molecule has 2 fully saturated rings. The zero-order chi connectivity index (χ0) is 9.10. The predicted molar refractivity (Wildman–Crippen MR) is 52.6 cm³/mol. The van der Waals surface area contributed by atoms with E-state index in [1.807, 2.05) is 0 Å². The molecule has 1 unspecified atom stereocenters. The molecule has 0 aromatic heterocycles. The molecule has 1 aliphatic heterocycles. The molecule has 0 amide bonds. The van der Waals surface area contributed by atoms with Crippen LogP contribution in [0.15, 0.2) is 0 Å². The molecule has 1 saturated carbocycles. The zero-order valence-electron chi connectivity index (χ0n) is 8.24. The molecule has 0 spiro atoms. The lowest BCUT2D eigenvalue weighted by atomic mass is 10.1. The lowest BCUT2D eigenvalue weighted by Crippen LogP contribution is -2.45. The second-order valence-corrected chi connectivity index (χ2v) is 4.13. The first-order valence-corrected chi connectivity index (χ1v) is 5.43. The number of hydrogen-bond donors (Lipinski definition) is 1. The van der Waals surface area contributed by atoms with Crippen LogP contribution in [0.25, 0.3) is 0 Å². The van der Waals surface area contributed by atoms with Crippen LogP contribution < -0.4 is 5.73 Å². The van der Waals surface area contributed by atoms with E-state index in [0.29, 0.717) is 0 Å². The summed E-state index contributed by atoms with van der Waals surface area (Å²) in [5.74, 6) is 0.946. The first-order chi connectivity index (χ1) is 6.42. The van der Waals surface area contributed by atoms with E-state index >= 15 is 0 Å². The van der Waals surface area contributed by atoms with Crippen molar-refractivity contribution in [3.05, 3.63) is 0 Å². The van der Waals surface area contributed by atoms with Gasteiger partial charge in [0, 0.05) is 19.1 Å². The molecule has 76 valence electrons. The van der Waals surface area contributed by atoms with Crippen LogP contribution in [0.1, 0.15) is 19.3 Å². The van der Waals surface area contributed by atoms with E-state index in [1.165, 1.54) is 19.3 Å². The molecule has 3 heteroatoms. The zero-order valence-corrected chi connectivity index (χ0v) is 8.24. The molecule has 0 aromatic carbocycles. The van der Waals surface area contributed by atoms with Gasteiger partial charge >= 0.3 is 0 Å². The van der Waals surface area contributed by atoms with Gasteiger partial charge in [0.25, 0.3) is 0 Å². The largest absolute Gasteiger partial charge is 0.379 e. The molecule has 0 bridgehead atoms. The Balaban J connectivity index is 1.84. The molecule has 1 heterocycles. The topological polar surface area (TPSA) is 38.5 Å². The van der Waals surface area contributed by atoms with Gasteiger partial charge in [-0.2, -0.15) is 0 Å².